The van der Waals surface area contributed by atoms with Crippen LogP contribution in [0.2, 0.25) is 0 Å². The maximum Gasteiger partial charge on any atom is 0.407 e. The van der Waals surface area contributed by atoms with E-state index in [1.165, 1.54) is 0 Å². The Morgan fingerprint density at radius 3 is 2.45 bits per heavy atom. The Labute approximate surface area is 173 Å². The Bertz CT molecular complexity index is 749. The lowest BCUT2D eigenvalue weighted by Crippen LogP contribution is -2.34. The average Bonchev–Trinajstić information content (AvgIpc) is 2.58. The van der Waals surface area contributed by atoms with Crippen molar-refractivity contribution in [3.05, 3.63) is 41.5 Å². The summed E-state index contributed by atoms with van der Waals surface area (Å²) >= 11 is 0. The summed E-state index contributed by atoms with van der Waals surface area (Å²) < 4.78 is 5.12. The summed E-state index contributed by atoms with van der Waals surface area (Å²) in [5.74, 6) is -0.0410. The van der Waals surface area contributed by atoms with E-state index in [4.69, 9.17) is 4.74 Å². The lowest BCUT2D eigenvalue weighted by Gasteiger charge is -2.19. The highest BCUT2D eigenvalue weighted by Crippen LogP contribution is 2.12. The number of hydrogen-bond acceptors (Lipinski definition) is 4. The molecule has 0 aliphatic rings. The highest BCUT2D eigenvalue weighted by Gasteiger charge is 2.15. The van der Waals surface area contributed by atoms with Gasteiger partial charge in [-0.3, -0.25) is 9.59 Å². The first-order valence-corrected chi connectivity index (χ1v) is 9.78. The molecule has 0 bridgehead atoms. The summed E-state index contributed by atoms with van der Waals surface area (Å²) in [5.41, 5.74) is 1.95. The second kappa shape index (κ2) is 11.2. The quantitative estimate of drug-likeness (QED) is 0.576. The zero-order chi connectivity index (χ0) is 22.0. The van der Waals surface area contributed by atoms with Gasteiger partial charge in [-0.05, 0) is 51.3 Å². The van der Waals surface area contributed by atoms with Gasteiger partial charge in [-0.2, -0.15) is 0 Å². The number of benzene rings is 1. The largest absolute Gasteiger partial charge is 0.444 e. The summed E-state index contributed by atoms with van der Waals surface area (Å²) in [7, 11) is 0. The van der Waals surface area contributed by atoms with Crippen LogP contribution in [0.1, 0.15) is 53.5 Å². The molecule has 1 aromatic carbocycles. The van der Waals surface area contributed by atoms with Crippen molar-refractivity contribution in [1.82, 2.24) is 10.6 Å². The molecule has 0 spiro atoms. The Balaban J connectivity index is 2.46. The summed E-state index contributed by atoms with van der Waals surface area (Å²) in [4.78, 5) is 35.6. The number of anilines is 1. The molecular formula is C22H33N3O4. The molecule has 0 radical (unpaired) electrons. The van der Waals surface area contributed by atoms with E-state index in [-0.39, 0.29) is 24.8 Å². The smallest absolute Gasteiger partial charge is 0.407 e. The number of allylic oxidation sites excluding steroid dienone is 1. The number of carbonyl (C=O) groups excluding carboxylic acids is 3. The molecule has 0 saturated heterocycles. The highest BCUT2D eigenvalue weighted by molar-refractivity contribution is 5.91. The van der Waals surface area contributed by atoms with Crippen LogP contribution in [-0.2, 0) is 20.9 Å². The van der Waals surface area contributed by atoms with Crippen molar-refractivity contribution >= 4 is 23.6 Å². The van der Waals surface area contributed by atoms with E-state index in [1.807, 2.05) is 32.9 Å². The second-order valence-electron chi connectivity index (χ2n) is 8.19. The predicted molar refractivity (Wildman–Crippen MR) is 114 cm³/mol. The normalized spacial score (nSPS) is 11.8. The zero-order valence-corrected chi connectivity index (χ0v) is 18.2. The SMILES string of the molecule is C/C(=C\C(=O)NCc1cccc(NC(=O)CCNC(=O)OC(C)(C)C)c1)C(C)C. The number of carbonyl (C=O) groups is 3. The average molecular weight is 404 g/mol. The van der Waals surface area contributed by atoms with E-state index >= 15 is 0 Å². The lowest BCUT2D eigenvalue weighted by molar-refractivity contribution is -0.117. The first kappa shape index (κ1) is 24.2. The third-order valence-electron chi connectivity index (χ3n) is 3.97. The monoisotopic (exact) mass is 403 g/mol. The van der Waals surface area contributed by atoms with Gasteiger partial charge < -0.3 is 20.7 Å². The molecule has 29 heavy (non-hydrogen) atoms. The van der Waals surface area contributed by atoms with E-state index in [2.05, 4.69) is 16.0 Å². The minimum absolute atomic E-state index is 0.124. The van der Waals surface area contributed by atoms with Gasteiger partial charge in [0.25, 0.3) is 0 Å². The van der Waals surface area contributed by atoms with E-state index in [0.29, 0.717) is 18.2 Å². The topological polar surface area (TPSA) is 96.5 Å². The maximum absolute atomic E-state index is 12.1. The van der Waals surface area contributed by atoms with Gasteiger partial charge in [0, 0.05) is 31.3 Å². The van der Waals surface area contributed by atoms with Gasteiger partial charge in [0.15, 0.2) is 0 Å². The minimum atomic E-state index is -0.578. The van der Waals surface area contributed by atoms with Crippen LogP contribution in [0.3, 0.4) is 0 Å². The molecule has 1 rings (SSSR count). The van der Waals surface area contributed by atoms with E-state index < -0.39 is 11.7 Å². The van der Waals surface area contributed by atoms with Crippen molar-refractivity contribution in [2.24, 2.45) is 5.92 Å². The molecule has 0 heterocycles. The standard InChI is InChI=1S/C22H33N3O4/c1-15(2)16(3)12-20(27)24-14-17-8-7-9-18(13-17)25-19(26)10-11-23-21(28)29-22(4,5)6/h7-9,12-13,15H,10-11,14H2,1-6H3,(H,23,28)(H,24,27)(H,25,26)/b16-12+. The van der Waals surface area contributed by atoms with Gasteiger partial charge >= 0.3 is 6.09 Å². The third-order valence-corrected chi connectivity index (χ3v) is 3.97. The van der Waals surface area contributed by atoms with E-state index in [9.17, 15) is 14.4 Å². The van der Waals surface area contributed by atoms with Gasteiger partial charge in [-0.25, -0.2) is 4.79 Å². The summed E-state index contributed by atoms with van der Waals surface area (Å²) in [6.45, 7) is 11.9. The molecule has 0 aromatic heterocycles. The van der Waals surface area contributed by atoms with Crippen LogP contribution in [0, 0.1) is 5.92 Å². The Morgan fingerprint density at radius 1 is 1.14 bits per heavy atom. The van der Waals surface area contributed by atoms with Crippen molar-refractivity contribution in [3.8, 4) is 0 Å². The molecule has 0 aliphatic carbocycles. The van der Waals surface area contributed by atoms with Crippen LogP contribution in [0.5, 0.6) is 0 Å². The number of alkyl carbamates (subject to hydrolysis) is 1. The third kappa shape index (κ3) is 10.9. The minimum Gasteiger partial charge on any atom is -0.444 e. The molecule has 7 heteroatoms. The molecule has 3 N–H and O–H groups in total. The highest BCUT2D eigenvalue weighted by atomic mass is 16.6. The van der Waals surface area contributed by atoms with E-state index in [0.717, 1.165) is 11.1 Å². The molecule has 0 unspecified atom stereocenters. The molecule has 0 aliphatic heterocycles. The fourth-order valence-electron chi connectivity index (χ4n) is 2.19. The van der Waals surface area contributed by atoms with Crippen molar-refractivity contribution in [2.75, 3.05) is 11.9 Å². The Kier molecular flexibility index (Phi) is 9.38. The maximum atomic E-state index is 12.1. The Hall–Kier alpha value is -2.83. The van der Waals surface area contributed by atoms with E-state index in [1.54, 1.807) is 39.0 Å². The number of nitrogens with one attached hydrogen (secondary N) is 3. The van der Waals surface area contributed by atoms with Crippen LogP contribution in [-0.4, -0.2) is 30.1 Å². The second-order valence-corrected chi connectivity index (χ2v) is 8.19. The fraction of sp³-hybridized carbons (Fsp3) is 0.500. The van der Waals surface area contributed by atoms with Gasteiger partial charge in [0.05, 0.1) is 0 Å². The number of ether oxygens (including phenoxy) is 1. The zero-order valence-electron chi connectivity index (χ0n) is 18.2. The number of amides is 3. The molecule has 1 aromatic rings. The number of rotatable bonds is 8. The molecule has 3 amide bonds. The molecule has 0 fully saturated rings. The van der Waals surface area contributed by atoms with Crippen molar-refractivity contribution in [3.63, 3.8) is 0 Å². The predicted octanol–water partition coefficient (Wildman–Crippen LogP) is 3.76. The lowest BCUT2D eigenvalue weighted by atomic mass is 10.1. The summed E-state index contributed by atoms with van der Waals surface area (Å²) in [6.07, 6.45) is 1.18. The Morgan fingerprint density at radius 2 is 1.83 bits per heavy atom. The summed E-state index contributed by atoms with van der Waals surface area (Å²) in [5, 5.41) is 8.17. The van der Waals surface area contributed by atoms with Crippen LogP contribution in [0.4, 0.5) is 10.5 Å². The molecule has 0 saturated carbocycles. The van der Waals surface area contributed by atoms with Crippen molar-refractivity contribution in [2.45, 2.75) is 60.1 Å². The van der Waals surface area contributed by atoms with Crippen molar-refractivity contribution in [1.29, 1.82) is 0 Å². The van der Waals surface area contributed by atoms with Crippen LogP contribution in [0.25, 0.3) is 0 Å². The van der Waals surface area contributed by atoms with Gasteiger partial charge in [0.2, 0.25) is 11.8 Å². The van der Waals surface area contributed by atoms with Crippen LogP contribution in [0.15, 0.2) is 35.9 Å². The number of hydrogen-bond donors (Lipinski definition) is 3. The first-order valence-electron chi connectivity index (χ1n) is 9.78. The van der Waals surface area contributed by atoms with Crippen molar-refractivity contribution < 1.29 is 19.1 Å². The molecule has 160 valence electrons. The molecular weight excluding hydrogens is 370 g/mol. The van der Waals surface area contributed by atoms with Gasteiger partial charge in [-0.15, -0.1) is 0 Å². The summed E-state index contributed by atoms with van der Waals surface area (Å²) in [6, 6.07) is 7.26. The van der Waals surface area contributed by atoms with Gasteiger partial charge in [0.1, 0.15) is 5.60 Å². The van der Waals surface area contributed by atoms with Crippen LogP contribution < -0.4 is 16.0 Å². The molecule has 0 atom stereocenters. The molecule has 7 nitrogen and oxygen atoms in total. The first-order chi connectivity index (χ1) is 13.5. The fourth-order valence-corrected chi connectivity index (χ4v) is 2.19. The van der Waals surface area contributed by atoms with Gasteiger partial charge in [-0.1, -0.05) is 31.6 Å². The van der Waals surface area contributed by atoms with Crippen LogP contribution >= 0.6 is 0 Å².